The second-order valence-electron chi connectivity index (χ2n) is 4.33. The van der Waals surface area contributed by atoms with E-state index in [0.29, 0.717) is 11.6 Å². The first-order chi connectivity index (χ1) is 9.80. The van der Waals surface area contributed by atoms with Gasteiger partial charge in [0, 0.05) is 5.56 Å². The number of halogens is 5. The monoisotopic (exact) mass is 316 g/mol. The fourth-order valence-corrected chi connectivity index (χ4v) is 2.14. The Labute approximate surface area is 123 Å². The van der Waals surface area contributed by atoms with Crippen molar-refractivity contribution in [2.24, 2.45) is 0 Å². The van der Waals surface area contributed by atoms with E-state index in [4.69, 9.17) is 11.6 Å². The molecule has 0 amide bonds. The van der Waals surface area contributed by atoms with Gasteiger partial charge in [0.2, 0.25) is 0 Å². The van der Waals surface area contributed by atoms with E-state index in [-0.39, 0.29) is 0 Å². The molecule has 1 nitrogen and oxygen atoms in total. The summed E-state index contributed by atoms with van der Waals surface area (Å²) in [4.78, 5) is 12.2. The molecule has 2 aromatic rings. The van der Waals surface area contributed by atoms with Crippen molar-refractivity contribution in [1.29, 1.82) is 0 Å². The van der Waals surface area contributed by atoms with E-state index in [1.165, 1.54) is 12.1 Å². The number of rotatable bonds is 3. The zero-order chi connectivity index (χ0) is 15.6. The number of hydrogen-bond acceptors (Lipinski definition) is 1. The van der Waals surface area contributed by atoms with Gasteiger partial charge < -0.3 is 0 Å². The van der Waals surface area contributed by atoms with Crippen molar-refractivity contribution in [2.45, 2.75) is 11.6 Å². The lowest BCUT2D eigenvalue weighted by molar-refractivity contribution is -0.138. The van der Waals surface area contributed by atoms with Crippen LogP contribution in [-0.4, -0.2) is 5.78 Å². The molecule has 6 heteroatoms. The molecule has 0 aromatic heterocycles. The summed E-state index contributed by atoms with van der Waals surface area (Å²) in [6.07, 6.45) is -4.83. The Kier molecular flexibility index (Phi) is 4.32. The maximum atomic E-state index is 13.0. The van der Waals surface area contributed by atoms with Crippen molar-refractivity contribution in [3.8, 4) is 0 Å². The van der Waals surface area contributed by atoms with Gasteiger partial charge in [-0.15, -0.1) is 11.6 Å². The molecule has 0 heterocycles. The molecule has 0 aliphatic carbocycles. The number of Topliss-reactive ketones (excluding diaryl/α,β-unsaturated/α-hetero) is 1. The molecular weight excluding hydrogens is 308 g/mol. The van der Waals surface area contributed by atoms with Gasteiger partial charge in [-0.3, -0.25) is 4.79 Å². The van der Waals surface area contributed by atoms with Crippen molar-refractivity contribution in [2.75, 3.05) is 0 Å². The molecule has 0 saturated carbocycles. The largest absolute Gasteiger partial charge is 0.417 e. The first kappa shape index (κ1) is 15.5. The average Bonchev–Trinajstić information content (AvgIpc) is 2.45. The van der Waals surface area contributed by atoms with E-state index in [1.54, 1.807) is 18.2 Å². The first-order valence-electron chi connectivity index (χ1n) is 5.90. The van der Waals surface area contributed by atoms with E-state index in [1.807, 2.05) is 0 Å². The molecule has 0 spiro atoms. The summed E-state index contributed by atoms with van der Waals surface area (Å²) in [5.74, 6) is -1.99. The fraction of sp³-hybridized carbons (Fsp3) is 0.133. The van der Waals surface area contributed by atoms with Crippen molar-refractivity contribution in [1.82, 2.24) is 0 Å². The average molecular weight is 317 g/mol. The van der Waals surface area contributed by atoms with E-state index in [2.05, 4.69) is 0 Å². The quantitative estimate of drug-likeness (QED) is 0.442. The highest BCUT2D eigenvalue weighted by molar-refractivity contribution is 6.34. The highest BCUT2D eigenvalue weighted by Gasteiger charge is 2.37. The molecule has 1 atom stereocenters. The van der Waals surface area contributed by atoms with E-state index >= 15 is 0 Å². The van der Waals surface area contributed by atoms with Gasteiger partial charge in [0.1, 0.15) is 11.2 Å². The Morgan fingerprint density at radius 1 is 1.05 bits per heavy atom. The van der Waals surface area contributed by atoms with Crippen LogP contribution in [0.1, 0.15) is 26.9 Å². The summed E-state index contributed by atoms with van der Waals surface area (Å²) in [7, 11) is 0. The zero-order valence-corrected chi connectivity index (χ0v) is 11.3. The Balaban J connectivity index is 2.45. The summed E-state index contributed by atoms with van der Waals surface area (Å²) >= 11 is 5.94. The number of hydrogen-bond donors (Lipinski definition) is 0. The standard InChI is InChI=1S/C15H9ClF4O/c16-13(9-4-2-1-3-5-9)14(21)11-7-6-10(17)8-12(11)15(18,19)20/h1-8,13H. The van der Waals surface area contributed by atoms with Crippen LogP contribution in [0.2, 0.25) is 0 Å². The maximum Gasteiger partial charge on any atom is 0.417 e. The van der Waals surface area contributed by atoms with Gasteiger partial charge in [-0.25, -0.2) is 4.39 Å². The fourth-order valence-electron chi connectivity index (χ4n) is 1.88. The number of carbonyl (C=O) groups is 1. The van der Waals surface area contributed by atoms with Gasteiger partial charge in [0.25, 0.3) is 0 Å². The number of carbonyl (C=O) groups excluding carboxylic acids is 1. The number of ketones is 1. The molecule has 0 saturated heterocycles. The van der Waals surface area contributed by atoms with Gasteiger partial charge in [-0.05, 0) is 23.8 Å². The SMILES string of the molecule is O=C(c1ccc(F)cc1C(F)(F)F)C(Cl)c1ccccc1. The van der Waals surface area contributed by atoms with Crippen LogP contribution >= 0.6 is 11.6 Å². The summed E-state index contributed by atoms with van der Waals surface area (Å²) in [5.41, 5.74) is -1.59. The lowest BCUT2D eigenvalue weighted by Gasteiger charge is -2.15. The normalized spacial score (nSPS) is 13.0. The lowest BCUT2D eigenvalue weighted by Crippen LogP contribution is -2.16. The topological polar surface area (TPSA) is 17.1 Å². The molecule has 0 N–H and O–H groups in total. The molecular formula is C15H9ClF4O. The second kappa shape index (κ2) is 5.85. The Morgan fingerprint density at radius 3 is 2.24 bits per heavy atom. The molecule has 2 rings (SSSR count). The third-order valence-electron chi connectivity index (χ3n) is 2.87. The lowest BCUT2D eigenvalue weighted by atomic mass is 9.97. The Morgan fingerprint density at radius 2 is 1.67 bits per heavy atom. The molecule has 0 aliphatic heterocycles. The molecule has 0 aliphatic rings. The third kappa shape index (κ3) is 3.42. The Bertz CT molecular complexity index is 652. The number of benzene rings is 2. The number of alkyl halides is 4. The molecule has 0 bridgehead atoms. The summed E-state index contributed by atoms with van der Waals surface area (Å²) in [5, 5.41) is -1.27. The highest BCUT2D eigenvalue weighted by Crippen LogP contribution is 2.35. The van der Waals surface area contributed by atoms with Gasteiger partial charge in [0.05, 0.1) is 5.56 Å². The zero-order valence-electron chi connectivity index (χ0n) is 10.5. The van der Waals surface area contributed by atoms with Crippen molar-refractivity contribution < 1.29 is 22.4 Å². The van der Waals surface area contributed by atoms with Crippen LogP contribution in [0.25, 0.3) is 0 Å². The van der Waals surface area contributed by atoms with Crippen LogP contribution in [-0.2, 0) is 6.18 Å². The van der Waals surface area contributed by atoms with Crippen LogP contribution < -0.4 is 0 Å². The van der Waals surface area contributed by atoms with Gasteiger partial charge >= 0.3 is 6.18 Å². The molecule has 0 fully saturated rings. The van der Waals surface area contributed by atoms with E-state index in [9.17, 15) is 22.4 Å². The maximum absolute atomic E-state index is 13.0. The van der Waals surface area contributed by atoms with Crippen LogP contribution in [0, 0.1) is 5.82 Å². The van der Waals surface area contributed by atoms with Crippen molar-refractivity contribution >= 4 is 17.4 Å². The molecule has 110 valence electrons. The summed E-state index contributed by atoms with van der Waals surface area (Å²) in [6, 6.07) is 9.90. The van der Waals surface area contributed by atoms with Crippen molar-refractivity contribution in [3.63, 3.8) is 0 Å². The minimum absolute atomic E-state index is 0.293. The predicted molar refractivity (Wildman–Crippen MR) is 70.8 cm³/mol. The molecule has 0 radical (unpaired) electrons. The first-order valence-corrected chi connectivity index (χ1v) is 6.34. The summed E-state index contributed by atoms with van der Waals surface area (Å²) in [6.45, 7) is 0. The molecule has 2 aromatic carbocycles. The van der Waals surface area contributed by atoms with Crippen LogP contribution in [0.5, 0.6) is 0 Å². The smallest absolute Gasteiger partial charge is 0.292 e. The Hall–Kier alpha value is -1.88. The predicted octanol–water partition coefficient (Wildman–Crippen LogP) is 5.01. The van der Waals surface area contributed by atoms with Crippen molar-refractivity contribution in [3.05, 3.63) is 71.0 Å². The van der Waals surface area contributed by atoms with E-state index in [0.717, 1.165) is 12.1 Å². The van der Waals surface area contributed by atoms with Crippen LogP contribution in [0.15, 0.2) is 48.5 Å². The minimum Gasteiger partial charge on any atom is -0.292 e. The second-order valence-corrected chi connectivity index (χ2v) is 4.76. The van der Waals surface area contributed by atoms with Gasteiger partial charge in [-0.1, -0.05) is 30.3 Å². The summed E-state index contributed by atoms with van der Waals surface area (Å²) < 4.78 is 51.7. The highest BCUT2D eigenvalue weighted by atomic mass is 35.5. The van der Waals surface area contributed by atoms with Gasteiger partial charge in [0.15, 0.2) is 5.78 Å². The van der Waals surface area contributed by atoms with Crippen LogP contribution in [0.4, 0.5) is 17.6 Å². The molecule has 1 unspecified atom stereocenters. The van der Waals surface area contributed by atoms with E-state index < -0.39 is 34.3 Å². The van der Waals surface area contributed by atoms with Crippen LogP contribution in [0.3, 0.4) is 0 Å². The molecule has 21 heavy (non-hydrogen) atoms. The van der Waals surface area contributed by atoms with Gasteiger partial charge in [-0.2, -0.15) is 13.2 Å². The minimum atomic E-state index is -4.83. The third-order valence-corrected chi connectivity index (χ3v) is 3.33.